The Balaban J connectivity index is 0.000000637. The molecule has 0 aliphatic heterocycles. The molecular weight excluding hydrogens is 236 g/mol. The highest BCUT2D eigenvalue weighted by molar-refractivity contribution is 5.79. The summed E-state index contributed by atoms with van der Waals surface area (Å²) in [6, 6.07) is 8.39. The van der Waals surface area contributed by atoms with Gasteiger partial charge >= 0.3 is 0 Å². The molecule has 0 spiro atoms. The molecule has 100 valence electrons. The third kappa shape index (κ3) is 2.84. The SMILES string of the molecule is CC.Cc1ccc2c(cnn2Cc2ccn(C)n2)c1. The lowest BCUT2D eigenvalue weighted by molar-refractivity contribution is 0.667. The van der Waals surface area contributed by atoms with E-state index in [2.05, 4.69) is 35.3 Å². The number of rotatable bonds is 2. The molecule has 3 aromatic rings. The summed E-state index contributed by atoms with van der Waals surface area (Å²) in [7, 11) is 1.92. The molecule has 2 heterocycles. The molecule has 4 heteroatoms. The van der Waals surface area contributed by atoms with Crippen LogP contribution in [0.1, 0.15) is 25.1 Å². The van der Waals surface area contributed by atoms with E-state index in [0.29, 0.717) is 6.54 Å². The molecule has 4 nitrogen and oxygen atoms in total. The molecule has 0 fully saturated rings. The van der Waals surface area contributed by atoms with Crippen LogP contribution in [-0.4, -0.2) is 19.6 Å². The van der Waals surface area contributed by atoms with Crippen LogP contribution in [0.25, 0.3) is 10.9 Å². The number of aryl methyl sites for hydroxylation is 2. The van der Waals surface area contributed by atoms with Gasteiger partial charge < -0.3 is 0 Å². The van der Waals surface area contributed by atoms with Gasteiger partial charge in [0.2, 0.25) is 0 Å². The number of benzene rings is 1. The zero-order chi connectivity index (χ0) is 13.8. The third-order valence-corrected chi connectivity index (χ3v) is 2.88. The number of hydrogen-bond acceptors (Lipinski definition) is 2. The highest BCUT2D eigenvalue weighted by Crippen LogP contribution is 2.16. The van der Waals surface area contributed by atoms with E-state index in [1.54, 1.807) is 0 Å². The Kier molecular flexibility index (Phi) is 4.00. The maximum atomic E-state index is 4.41. The highest BCUT2D eigenvalue weighted by atomic mass is 15.3. The highest BCUT2D eigenvalue weighted by Gasteiger charge is 2.04. The smallest absolute Gasteiger partial charge is 0.0857 e. The second kappa shape index (κ2) is 5.69. The average Bonchev–Trinajstić information content (AvgIpc) is 2.99. The van der Waals surface area contributed by atoms with E-state index < -0.39 is 0 Å². The van der Waals surface area contributed by atoms with Crippen molar-refractivity contribution in [1.82, 2.24) is 19.6 Å². The van der Waals surface area contributed by atoms with E-state index in [4.69, 9.17) is 0 Å². The number of aromatic nitrogens is 4. The number of nitrogens with zero attached hydrogens (tertiary/aromatic N) is 4. The zero-order valence-corrected chi connectivity index (χ0v) is 12.0. The second-order valence-corrected chi connectivity index (χ2v) is 4.35. The molecule has 0 bridgehead atoms. The lowest BCUT2D eigenvalue weighted by Crippen LogP contribution is -2.02. The van der Waals surface area contributed by atoms with E-state index in [1.807, 2.05) is 48.7 Å². The van der Waals surface area contributed by atoms with Crippen molar-refractivity contribution >= 4 is 10.9 Å². The first-order valence-electron chi connectivity index (χ1n) is 6.63. The Morgan fingerprint density at radius 1 is 1.16 bits per heavy atom. The molecule has 0 amide bonds. The number of hydrogen-bond donors (Lipinski definition) is 0. The van der Waals surface area contributed by atoms with Gasteiger partial charge in [-0.3, -0.25) is 9.36 Å². The van der Waals surface area contributed by atoms with E-state index in [-0.39, 0.29) is 0 Å². The maximum absolute atomic E-state index is 4.41. The lowest BCUT2D eigenvalue weighted by Gasteiger charge is -2.01. The van der Waals surface area contributed by atoms with Gasteiger partial charge in [-0.25, -0.2) is 0 Å². The minimum Gasteiger partial charge on any atom is -0.275 e. The summed E-state index contributed by atoms with van der Waals surface area (Å²) < 4.78 is 3.79. The largest absolute Gasteiger partial charge is 0.275 e. The fraction of sp³-hybridized carbons (Fsp3) is 0.333. The van der Waals surface area contributed by atoms with Crippen molar-refractivity contribution in [2.45, 2.75) is 27.3 Å². The molecule has 0 radical (unpaired) electrons. The molecule has 3 rings (SSSR count). The molecule has 0 N–H and O–H groups in total. The van der Waals surface area contributed by atoms with Gasteiger partial charge in [-0.1, -0.05) is 25.5 Å². The Bertz CT molecular complexity index is 664. The summed E-state index contributed by atoms with van der Waals surface area (Å²) in [5, 5.41) is 9.96. The second-order valence-electron chi connectivity index (χ2n) is 4.35. The van der Waals surface area contributed by atoms with Gasteiger partial charge in [-0.15, -0.1) is 0 Å². The zero-order valence-electron chi connectivity index (χ0n) is 12.0. The first-order chi connectivity index (χ1) is 9.22. The summed E-state index contributed by atoms with van der Waals surface area (Å²) in [4.78, 5) is 0. The van der Waals surface area contributed by atoms with Crippen LogP contribution in [0, 0.1) is 6.92 Å². The van der Waals surface area contributed by atoms with Crippen LogP contribution in [-0.2, 0) is 13.6 Å². The first kappa shape index (κ1) is 13.3. The van der Waals surface area contributed by atoms with Gasteiger partial charge in [0.25, 0.3) is 0 Å². The third-order valence-electron chi connectivity index (χ3n) is 2.88. The summed E-state index contributed by atoms with van der Waals surface area (Å²) in [6.45, 7) is 6.81. The molecule has 0 aliphatic rings. The quantitative estimate of drug-likeness (QED) is 0.706. The Hall–Kier alpha value is -2.10. The summed E-state index contributed by atoms with van der Waals surface area (Å²) >= 11 is 0. The van der Waals surface area contributed by atoms with Crippen molar-refractivity contribution in [3.8, 4) is 0 Å². The van der Waals surface area contributed by atoms with Gasteiger partial charge in [-0.05, 0) is 25.1 Å². The Morgan fingerprint density at radius 3 is 2.63 bits per heavy atom. The monoisotopic (exact) mass is 256 g/mol. The average molecular weight is 256 g/mol. The fourth-order valence-corrected chi connectivity index (χ4v) is 2.03. The standard InChI is InChI=1S/C13H14N4.C2H6/c1-10-3-4-13-11(7-10)8-14-17(13)9-12-5-6-16(2)15-12;1-2/h3-8H,9H2,1-2H3;1-2H3. The molecule has 0 atom stereocenters. The van der Waals surface area contributed by atoms with E-state index in [9.17, 15) is 0 Å². The van der Waals surface area contributed by atoms with Crippen molar-refractivity contribution in [1.29, 1.82) is 0 Å². The van der Waals surface area contributed by atoms with Crippen LogP contribution in [0.15, 0.2) is 36.7 Å². The summed E-state index contributed by atoms with van der Waals surface area (Å²) in [6.07, 6.45) is 3.86. The molecule has 19 heavy (non-hydrogen) atoms. The topological polar surface area (TPSA) is 35.6 Å². The first-order valence-corrected chi connectivity index (χ1v) is 6.63. The molecular formula is C15H20N4. The van der Waals surface area contributed by atoms with Crippen LogP contribution >= 0.6 is 0 Å². The van der Waals surface area contributed by atoms with E-state index in [0.717, 1.165) is 11.2 Å². The molecule has 0 saturated carbocycles. The van der Waals surface area contributed by atoms with E-state index in [1.165, 1.54) is 10.9 Å². The van der Waals surface area contributed by atoms with Crippen molar-refractivity contribution in [2.24, 2.45) is 7.05 Å². The van der Waals surface area contributed by atoms with Gasteiger partial charge in [0.15, 0.2) is 0 Å². The van der Waals surface area contributed by atoms with Gasteiger partial charge in [-0.2, -0.15) is 10.2 Å². The molecule has 2 aromatic heterocycles. The molecule has 0 unspecified atom stereocenters. The lowest BCUT2D eigenvalue weighted by atomic mass is 10.2. The summed E-state index contributed by atoms with van der Waals surface area (Å²) in [5.41, 5.74) is 3.44. The molecule has 0 saturated heterocycles. The van der Waals surface area contributed by atoms with Crippen molar-refractivity contribution < 1.29 is 0 Å². The van der Waals surface area contributed by atoms with Crippen LogP contribution in [0.5, 0.6) is 0 Å². The minimum atomic E-state index is 0.716. The normalized spacial score (nSPS) is 10.3. The maximum Gasteiger partial charge on any atom is 0.0857 e. The van der Waals surface area contributed by atoms with Crippen LogP contribution in [0.4, 0.5) is 0 Å². The van der Waals surface area contributed by atoms with E-state index >= 15 is 0 Å². The fourth-order valence-electron chi connectivity index (χ4n) is 2.03. The van der Waals surface area contributed by atoms with Crippen LogP contribution < -0.4 is 0 Å². The molecule has 0 aliphatic carbocycles. The predicted molar refractivity (Wildman–Crippen MR) is 78.1 cm³/mol. The van der Waals surface area contributed by atoms with Crippen molar-refractivity contribution in [3.05, 3.63) is 47.9 Å². The van der Waals surface area contributed by atoms with Gasteiger partial charge in [0.1, 0.15) is 0 Å². The minimum absolute atomic E-state index is 0.716. The van der Waals surface area contributed by atoms with Gasteiger partial charge in [0, 0.05) is 18.6 Å². The van der Waals surface area contributed by atoms with Crippen LogP contribution in [0.3, 0.4) is 0 Å². The summed E-state index contributed by atoms with van der Waals surface area (Å²) in [5.74, 6) is 0. The van der Waals surface area contributed by atoms with Crippen LogP contribution in [0.2, 0.25) is 0 Å². The number of fused-ring (bicyclic) bond motifs is 1. The predicted octanol–water partition coefficient (Wildman–Crippen LogP) is 3.15. The Labute approximate surface area is 113 Å². The Morgan fingerprint density at radius 2 is 1.95 bits per heavy atom. The van der Waals surface area contributed by atoms with Crippen molar-refractivity contribution in [2.75, 3.05) is 0 Å². The van der Waals surface area contributed by atoms with Crippen molar-refractivity contribution in [3.63, 3.8) is 0 Å². The van der Waals surface area contributed by atoms with Gasteiger partial charge in [0.05, 0.1) is 24.0 Å². The molecule has 1 aromatic carbocycles.